The maximum Gasteiger partial charge on any atom is 0.197 e. The molecule has 1 saturated heterocycles. The second-order valence-electron chi connectivity index (χ2n) is 10.9. The normalized spacial score (nSPS) is 15.5. The Balaban J connectivity index is 1.50. The van der Waals surface area contributed by atoms with Gasteiger partial charge < -0.3 is 19.7 Å². The molecule has 0 atom stereocenters. The van der Waals surface area contributed by atoms with E-state index in [4.69, 9.17) is 4.74 Å². The second-order valence-corrected chi connectivity index (χ2v) is 10.9. The van der Waals surface area contributed by atoms with E-state index < -0.39 is 5.60 Å². The van der Waals surface area contributed by atoms with Crippen molar-refractivity contribution < 1.29 is 14.2 Å². The van der Waals surface area contributed by atoms with Crippen LogP contribution < -0.4 is 9.64 Å². The minimum absolute atomic E-state index is 0.0727. The highest BCUT2D eigenvalue weighted by Gasteiger charge is 2.28. The molecule has 5 rings (SSSR count). The number of aromatic amines is 1. The number of fused-ring (bicyclic) bond motifs is 2. The van der Waals surface area contributed by atoms with E-state index in [2.05, 4.69) is 38.8 Å². The number of hydrogen-bond donors (Lipinski definition) is 2. The maximum atomic E-state index is 16.1. The van der Waals surface area contributed by atoms with E-state index >= 15 is 4.39 Å². The van der Waals surface area contributed by atoms with Crippen LogP contribution in [-0.2, 0) is 0 Å². The molecule has 0 radical (unpaired) electrons. The van der Waals surface area contributed by atoms with Gasteiger partial charge in [0.15, 0.2) is 23.0 Å². The van der Waals surface area contributed by atoms with Crippen LogP contribution in [-0.4, -0.2) is 55.5 Å². The summed E-state index contributed by atoms with van der Waals surface area (Å²) in [7, 11) is 1.60. The van der Waals surface area contributed by atoms with Crippen LogP contribution in [0.2, 0.25) is 0 Å². The molecule has 1 aliphatic rings. The number of rotatable bonds is 7. The molecule has 4 aromatic heterocycles. The molecule has 0 saturated carbocycles. The monoisotopic (exact) mass is 494 g/mol. The lowest BCUT2D eigenvalue weighted by molar-refractivity contribution is 0.0621. The summed E-state index contributed by atoms with van der Waals surface area (Å²) in [6.07, 6.45) is 8.83. The summed E-state index contributed by atoms with van der Waals surface area (Å²) in [5.41, 5.74) is 3.25. The zero-order valence-corrected chi connectivity index (χ0v) is 21.7. The Morgan fingerprint density at radius 2 is 2.00 bits per heavy atom. The van der Waals surface area contributed by atoms with Crippen LogP contribution >= 0.6 is 0 Å². The predicted molar refractivity (Wildman–Crippen MR) is 139 cm³/mol. The largest absolute Gasteiger partial charge is 0.493 e. The number of piperidine rings is 1. The first-order valence-electron chi connectivity index (χ1n) is 12.7. The lowest BCUT2D eigenvalue weighted by Crippen LogP contribution is -2.35. The summed E-state index contributed by atoms with van der Waals surface area (Å²) in [4.78, 5) is 14.3. The minimum Gasteiger partial charge on any atom is -0.493 e. The highest BCUT2D eigenvalue weighted by Crippen LogP contribution is 2.40. The van der Waals surface area contributed by atoms with E-state index in [-0.39, 0.29) is 11.7 Å². The van der Waals surface area contributed by atoms with Gasteiger partial charge in [-0.25, -0.2) is 18.9 Å². The van der Waals surface area contributed by atoms with Crippen LogP contribution in [0.1, 0.15) is 64.9 Å². The number of H-pyrrole nitrogens is 1. The first kappa shape index (κ1) is 24.5. The van der Waals surface area contributed by atoms with E-state index in [9.17, 15) is 5.11 Å². The van der Waals surface area contributed by atoms with Gasteiger partial charge in [0.25, 0.3) is 0 Å². The fourth-order valence-electron chi connectivity index (χ4n) is 5.36. The molecule has 8 nitrogen and oxygen atoms in total. The second kappa shape index (κ2) is 9.35. The summed E-state index contributed by atoms with van der Waals surface area (Å²) in [6, 6.07) is 1.91. The maximum absolute atomic E-state index is 16.1. The lowest BCUT2D eigenvalue weighted by atomic mass is 9.88. The number of aliphatic hydroxyl groups is 1. The van der Waals surface area contributed by atoms with Crippen LogP contribution in [0.3, 0.4) is 0 Å². The number of halogens is 1. The van der Waals surface area contributed by atoms with Gasteiger partial charge in [0.1, 0.15) is 6.33 Å². The van der Waals surface area contributed by atoms with Gasteiger partial charge in [-0.15, -0.1) is 0 Å². The Morgan fingerprint density at radius 1 is 1.25 bits per heavy atom. The first-order valence-corrected chi connectivity index (χ1v) is 12.7. The molecule has 0 spiro atoms. The van der Waals surface area contributed by atoms with E-state index in [1.165, 1.54) is 6.33 Å². The first-order chi connectivity index (χ1) is 17.2. The summed E-state index contributed by atoms with van der Waals surface area (Å²) < 4.78 is 23.4. The van der Waals surface area contributed by atoms with Gasteiger partial charge in [-0.3, -0.25) is 0 Å². The van der Waals surface area contributed by atoms with Crippen molar-refractivity contribution in [2.75, 3.05) is 25.1 Å². The topological polar surface area (TPSA) is 91.6 Å². The number of aromatic nitrogens is 5. The molecule has 0 amide bonds. The van der Waals surface area contributed by atoms with Gasteiger partial charge in [0, 0.05) is 30.2 Å². The number of hydrogen-bond acceptors (Lipinski definition) is 6. The standard InChI is InChI=1S/C27H35FN6O2/c1-16(2)21-22-19(32-24(21)18-12-20(36-5)25-30-15-31-34(25)14-18)13-29-26(23(22)28)33-10-7-17(8-11-33)6-9-27(3,4)35/h12-17,32,35H,6-11H2,1-5H3. The Bertz CT molecular complexity index is 1380. The van der Waals surface area contributed by atoms with Gasteiger partial charge >= 0.3 is 0 Å². The third-order valence-electron chi connectivity index (χ3n) is 7.31. The molecule has 9 heteroatoms. The SMILES string of the molecule is COc1cc(-c2[nH]c3cnc(N4CCC(CCC(C)(C)O)CC4)c(F)c3c2C(C)C)cn2ncnc12. The van der Waals surface area contributed by atoms with Crippen molar-refractivity contribution in [3.05, 3.63) is 36.2 Å². The molecule has 0 unspecified atom stereocenters. The number of nitrogens with zero attached hydrogens (tertiary/aromatic N) is 5. The summed E-state index contributed by atoms with van der Waals surface area (Å²) in [5.74, 6) is 1.36. The fraction of sp³-hybridized carbons (Fsp3) is 0.519. The Hall–Kier alpha value is -3.20. The number of anilines is 1. The Labute approximate surface area is 210 Å². The van der Waals surface area contributed by atoms with E-state index in [0.29, 0.717) is 34.0 Å². The van der Waals surface area contributed by atoms with E-state index in [0.717, 1.165) is 55.6 Å². The highest BCUT2D eigenvalue weighted by atomic mass is 19.1. The lowest BCUT2D eigenvalue weighted by Gasteiger charge is -2.34. The summed E-state index contributed by atoms with van der Waals surface area (Å²) in [5, 5.41) is 14.9. The van der Waals surface area contributed by atoms with Crippen molar-refractivity contribution in [2.45, 2.75) is 64.9 Å². The molecule has 1 fully saturated rings. The van der Waals surface area contributed by atoms with Crippen LogP contribution in [0.25, 0.3) is 27.8 Å². The molecule has 36 heavy (non-hydrogen) atoms. The van der Waals surface area contributed by atoms with Gasteiger partial charge in [-0.2, -0.15) is 5.10 Å². The smallest absolute Gasteiger partial charge is 0.197 e. The summed E-state index contributed by atoms with van der Waals surface area (Å²) in [6.45, 7) is 9.39. The number of methoxy groups -OCH3 is 1. The molecule has 5 heterocycles. The molecule has 0 aliphatic carbocycles. The van der Waals surface area contributed by atoms with Crippen molar-refractivity contribution in [3.8, 4) is 17.0 Å². The van der Waals surface area contributed by atoms with Gasteiger partial charge in [-0.1, -0.05) is 13.8 Å². The highest BCUT2D eigenvalue weighted by molar-refractivity contribution is 5.93. The molecule has 1 aliphatic heterocycles. The van der Waals surface area contributed by atoms with E-state index in [1.54, 1.807) is 17.8 Å². The van der Waals surface area contributed by atoms with Crippen molar-refractivity contribution >= 4 is 22.4 Å². The molecule has 2 N–H and O–H groups in total. The molecular weight excluding hydrogens is 459 g/mol. The van der Waals surface area contributed by atoms with Crippen molar-refractivity contribution in [3.63, 3.8) is 0 Å². The average molecular weight is 495 g/mol. The van der Waals surface area contributed by atoms with Crippen molar-refractivity contribution in [1.82, 2.24) is 24.6 Å². The molecule has 4 aromatic rings. The minimum atomic E-state index is -0.641. The van der Waals surface area contributed by atoms with Gasteiger partial charge in [-0.05, 0) is 63.0 Å². The third-order valence-corrected chi connectivity index (χ3v) is 7.31. The van der Waals surface area contributed by atoms with Crippen LogP contribution in [0.5, 0.6) is 5.75 Å². The number of nitrogens with one attached hydrogen (secondary N) is 1. The molecular formula is C27H35FN6O2. The van der Waals surface area contributed by atoms with Crippen LogP contribution in [0.4, 0.5) is 10.2 Å². The fourth-order valence-corrected chi connectivity index (χ4v) is 5.36. The third kappa shape index (κ3) is 4.52. The Kier molecular flexibility index (Phi) is 6.36. The quantitative estimate of drug-likeness (QED) is 0.362. The molecule has 0 bridgehead atoms. The molecule has 0 aromatic carbocycles. The number of ether oxygens (including phenoxy) is 1. The molecule has 192 valence electrons. The van der Waals surface area contributed by atoms with Gasteiger partial charge in [0.2, 0.25) is 0 Å². The predicted octanol–water partition coefficient (Wildman–Crippen LogP) is 5.31. The van der Waals surface area contributed by atoms with Crippen LogP contribution in [0, 0.1) is 11.7 Å². The van der Waals surface area contributed by atoms with Crippen molar-refractivity contribution in [1.29, 1.82) is 0 Å². The van der Waals surface area contributed by atoms with Crippen molar-refractivity contribution in [2.24, 2.45) is 5.92 Å². The number of pyridine rings is 2. The average Bonchev–Trinajstić information content (AvgIpc) is 3.47. The van der Waals surface area contributed by atoms with Gasteiger partial charge in [0.05, 0.1) is 30.1 Å². The zero-order valence-electron chi connectivity index (χ0n) is 21.7. The zero-order chi connectivity index (χ0) is 25.6. The summed E-state index contributed by atoms with van der Waals surface area (Å²) >= 11 is 0. The van der Waals surface area contributed by atoms with E-state index in [1.807, 2.05) is 26.1 Å². The Morgan fingerprint density at radius 3 is 2.67 bits per heavy atom. The van der Waals surface area contributed by atoms with Crippen LogP contribution in [0.15, 0.2) is 24.8 Å².